The van der Waals surface area contributed by atoms with Crippen molar-refractivity contribution in [3.63, 3.8) is 0 Å². The van der Waals surface area contributed by atoms with E-state index in [1.807, 2.05) is 0 Å². The van der Waals surface area contributed by atoms with Gasteiger partial charge in [0.1, 0.15) is 0 Å². The van der Waals surface area contributed by atoms with Crippen LogP contribution >= 0.6 is 0 Å². The number of hydrogen-bond acceptors (Lipinski definition) is 1. The van der Waals surface area contributed by atoms with Crippen LogP contribution in [0, 0.1) is 12.8 Å². The summed E-state index contributed by atoms with van der Waals surface area (Å²) < 4.78 is 0. The second-order valence-corrected chi connectivity index (χ2v) is 4.91. The number of piperidine rings is 1. The van der Waals surface area contributed by atoms with Crippen molar-refractivity contribution in [1.29, 1.82) is 0 Å². The highest BCUT2D eigenvalue weighted by atomic mass is 16.4. The van der Waals surface area contributed by atoms with Crippen molar-refractivity contribution in [2.75, 3.05) is 13.1 Å². The van der Waals surface area contributed by atoms with E-state index in [0.29, 0.717) is 19.0 Å². The van der Waals surface area contributed by atoms with Crippen LogP contribution in [0.4, 0.5) is 4.79 Å². The van der Waals surface area contributed by atoms with Gasteiger partial charge in [0, 0.05) is 13.1 Å². The smallest absolute Gasteiger partial charge is 0.407 e. The number of aryl methyl sites for hydroxylation is 1. The van der Waals surface area contributed by atoms with Gasteiger partial charge in [0.25, 0.3) is 0 Å². The Balaban J connectivity index is 1.88. The highest BCUT2D eigenvalue weighted by Crippen LogP contribution is 2.22. The number of carbonyl (C=O) groups is 1. The maximum absolute atomic E-state index is 10.8. The van der Waals surface area contributed by atoms with Gasteiger partial charge in [0.15, 0.2) is 0 Å². The molecule has 1 aliphatic heterocycles. The summed E-state index contributed by atoms with van der Waals surface area (Å²) in [5.41, 5.74) is 2.67. The van der Waals surface area contributed by atoms with Crippen LogP contribution in [0.15, 0.2) is 24.3 Å². The molecular weight excluding hydrogens is 214 g/mol. The summed E-state index contributed by atoms with van der Waals surface area (Å²) in [6.07, 6.45) is 2.27. The normalized spacial score (nSPS) is 17.1. The number of amides is 1. The van der Waals surface area contributed by atoms with E-state index in [2.05, 4.69) is 31.2 Å². The summed E-state index contributed by atoms with van der Waals surface area (Å²) in [7, 11) is 0. The minimum absolute atomic E-state index is 0.632. The Bertz CT molecular complexity index is 395. The van der Waals surface area contributed by atoms with Gasteiger partial charge in [-0.15, -0.1) is 0 Å². The molecule has 1 aromatic carbocycles. The molecule has 0 aliphatic carbocycles. The first-order chi connectivity index (χ1) is 8.15. The lowest BCUT2D eigenvalue weighted by atomic mass is 9.90. The molecule has 0 unspecified atom stereocenters. The van der Waals surface area contributed by atoms with Gasteiger partial charge < -0.3 is 10.0 Å². The number of hydrogen-bond donors (Lipinski definition) is 1. The predicted octanol–water partition coefficient (Wildman–Crippen LogP) is 2.93. The van der Waals surface area contributed by atoms with E-state index in [-0.39, 0.29) is 0 Å². The summed E-state index contributed by atoms with van der Waals surface area (Å²) in [5, 5.41) is 8.88. The quantitative estimate of drug-likeness (QED) is 0.853. The molecule has 3 heteroatoms. The first-order valence-electron chi connectivity index (χ1n) is 6.18. The van der Waals surface area contributed by atoms with Crippen molar-refractivity contribution < 1.29 is 9.90 Å². The topological polar surface area (TPSA) is 40.5 Å². The molecule has 0 bridgehead atoms. The highest BCUT2D eigenvalue weighted by Gasteiger charge is 2.22. The molecule has 1 saturated heterocycles. The standard InChI is InChI=1S/C14H19NO2/c1-11-3-2-4-13(9-11)10-12-5-7-15(8-6-12)14(16)17/h2-4,9,12H,5-8,10H2,1H3,(H,16,17). The van der Waals surface area contributed by atoms with Gasteiger partial charge in [0.2, 0.25) is 0 Å². The molecule has 0 radical (unpaired) electrons. The molecule has 1 heterocycles. The average Bonchev–Trinajstić information content (AvgIpc) is 2.29. The van der Waals surface area contributed by atoms with Crippen molar-refractivity contribution >= 4 is 6.09 Å². The first kappa shape index (κ1) is 12.0. The Morgan fingerprint density at radius 3 is 2.71 bits per heavy atom. The molecule has 17 heavy (non-hydrogen) atoms. The molecule has 3 nitrogen and oxygen atoms in total. The minimum atomic E-state index is -0.779. The van der Waals surface area contributed by atoms with Gasteiger partial charge in [-0.3, -0.25) is 0 Å². The summed E-state index contributed by atoms with van der Waals surface area (Å²) in [6, 6.07) is 8.59. The van der Waals surface area contributed by atoms with Crippen molar-refractivity contribution in [2.45, 2.75) is 26.2 Å². The maximum Gasteiger partial charge on any atom is 0.407 e. The average molecular weight is 233 g/mol. The second kappa shape index (κ2) is 5.21. The van der Waals surface area contributed by atoms with Crippen LogP contribution in [-0.4, -0.2) is 29.2 Å². The van der Waals surface area contributed by atoms with Gasteiger partial charge in [-0.1, -0.05) is 29.8 Å². The molecule has 1 fully saturated rings. The van der Waals surface area contributed by atoms with Crippen molar-refractivity contribution in [2.24, 2.45) is 5.92 Å². The molecule has 92 valence electrons. The second-order valence-electron chi connectivity index (χ2n) is 4.91. The molecular formula is C14H19NO2. The van der Waals surface area contributed by atoms with Gasteiger partial charge >= 0.3 is 6.09 Å². The predicted molar refractivity (Wildman–Crippen MR) is 67.2 cm³/mol. The molecule has 0 saturated carbocycles. The summed E-state index contributed by atoms with van der Waals surface area (Å²) in [6.45, 7) is 3.48. The molecule has 2 rings (SSSR count). The van der Waals surface area contributed by atoms with Crippen molar-refractivity contribution in [3.8, 4) is 0 Å². The van der Waals surface area contributed by atoms with Crippen LogP contribution in [0.3, 0.4) is 0 Å². The SMILES string of the molecule is Cc1cccc(CC2CCN(C(=O)O)CC2)c1. The Morgan fingerprint density at radius 2 is 2.12 bits per heavy atom. The Morgan fingerprint density at radius 1 is 1.41 bits per heavy atom. The molecule has 1 aromatic rings. The summed E-state index contributed by atoms with van der Waals surface area (Å²) in [4.78, 5) is 12.3. The van der Waals surface area contributed by atoms with E-state index in [0.717, 1.165) is 19.3 Å². The molecule has 0 atom stereocenters. The number of rotatable bonds is 2. The van der Waals surface area contributed by atoms with Crippen LogP contribution in [0.1, 0.15) is 24.0 Å². The van der Waals surface area contributed by atoms with Gasteiger partial charge in [-0.25, -0.2) is 4.79 Å². The van der Waals surface area contributed by atoms with E-state index in [1.165, 1.54) is 16.0 Å². The third-order valence-electron chi connectivity index (χ3n) is 3.49. The first-order valence-corrected chi connectivity index (χ1v) is 6.18. The fraction of sp³-hybridized carbons (Fsp3) is 0.500. The number of carboxylic acid groups (broad SMARTS) is 1. The Labute approximate surface area is 102 Å². The van der Waals surface area contributed by atoms with E-state index in [1.54, 1.807) is 0 Å². The summed E-state index contributed by atoms with van der Waals surface area (Å²) in [5.74, 6) is 0.632. The zero-order valence-electron chi connectivity index (χ0n) is 10.2. The largest absolute Gasteiger partial charge is 0.465 e. The van der Waals surface area contributed by atoms with Crippen LogP contribution < -0.4 is 0 Å². The van der Waals surface area contributed by atoms with Crippen molar-refractivity contribution in [1.82, 2.24) is 4.90 Å². The lowest BCUT2D eigenvalue weighted by Gasteiger charge is -2.30. The minimum Gasteiger partial charge on any atom is -0.465 e. The fourth-order valence-corrected chi connectivity index (χ4v) is 2.50. The zero-order chi connectivity index (χ0) is 12.3. The summed E-state index contributed by atoms with van der Waals surface area (Å²) >= 11 is 0. The molecule has 1 aliphatic rings. The van der Waals surface area contributed by atoms with Crippen LogP contribution in [0.5, 0.6) is 0 Å². The number of likely N-dealkylation sites (tertiary alicyclic amines) is 1. The molecule has 1 amide bonds. The fourth-order valence-electron chi connectivity index (χ4n) is 2.50. The third kappa shape index (κ3) is 3.22. The number of nitrogens with zero attached hydrogens (tertiary/aromatic N) is 1. The lowest BCUT2D eigenvalue weighted by molar-refractivity contribution is 0.124. The van der Waals surface area contributed by atoms with E-state index in [4.69, 9.17) is 5.11 Å². The van der Waals surface area contributed by atoms with Crippen LogP contribution in [-0.2, 0) is 6.42 Å². The molecule has 0 aromatic heterocycles. The van der Waals surface area contributed by atoms with Crippen LogP contribution in [0.25, 0.3) is 0 Å². The van der Waals surface area contributed by atoms with Gasteiger partial charge in [-0.2, -0.15) is 0 Å². The molecule has 1 N–H and O–H groups in total. The van der Waals surface area contributed by atoms with Crippen LogP contribution in [0.2, 0.25) is 0 Å². The van der Waals surface area contributed by atoms with E-state index >= 15 is 0 Å². The zero-order valence-corrected chi connectivity index (χ0v) is 10.2. The van der Waals surface area contributed by atoms with E-state index < -0.39 is 6.09 Å². The van der Waals surface area contributed by atoms with Crippen molar-refractivity contribution in [3.05, 3.63) is 35.4 Å². The third-order valence-corrected chi connectivity index (χ3v) is 3.49. The van der Waals surface area contributed by atoms with Gasteiger partial charge in [0.05, 0.1) is 0 Å². The Hall–Kier alpha value is -1.51. The number of benzene rings is 1. The monoisotopic (exact) mass is 233 g/mol. The lowest BCUT2D eigenvalue weighted by Crippen LogP contribution is -2.37. The van der Waals surface area contributed by atoms with Gasteiger partial charge in [-0.05, 0) is 37.7 Å². The highest BCUT2D eigenvalue weighted by molar-refractivity contribution is 5.64. The Kier molecular flexibility index (Phi) is 3.67. The maximum atomic E-state index is 10.8. The van der Waals surface area contributed by atoms with E-state index in [9.17, 15) is 4.79 Å². The molecule has 0 spiro atoms.